The molecule has 0 saturated heterocycles. The molecule has 0 fully saturated rings. The summed E-state index contributed by atoms with van der Waals surface area (Å²) in [5.41, 5.74) is 2.59. The van der Waals surface area contributed by atoms with Gasteiger partial charge in [0.15, 0.2) is 0 Å². The van der Waals surface area contributed by atoms with E-state index in [-0.39, 0.29) is 23.2 Å². The molecule has 0 unspecified atom stereocenters. The highest BCUT2D eigenvalue weighted by Crippen LogP contribution is 2.10. The van der Waals surface area contributed by atoms with Crippen LogP contribution in [0.25, 0.3) is 0 Å². The molecule has 5 heteroatoms. The first kappa shape index (κ1) is 19.3. The first-order valence-electron chi connectivity index (χ1n) is 9.10. The second-order valence-electron chi connectivity index (χ2n) is 6.70. The normalized spacial score (nSPS) is 10.4. The predicted molar refractivity (Wildman–Crippen MR) is 109 cm³/mol. The lowest BCUT2D eigenvalue weighted by Crippen LogP contribution is -2.30. The van der Waals surface area contributed by atoms with E-state index >= 15 is 0 Å². The summed E-state index contributed by atoms with van der Waals surface area (Å²) in [7, 11) is 3.46. The van der Waals surface area contributed by atoms with Gasteiger partial charge in [-0.1, -0.05) is 66.7 Å². The van der Waals surface area contributed by atoms with E-state index in [9.17, 15) is 9.59 Å². The van der Waals surface area contributed by atoms with E-state index in [1.165, 1.54) is 0 Å². The lowest BCUT2D eigenvalue weighted by molar-refractivity contribution is 0.0771. The van der Waals surface area contributed by atoms with Gasteiger partial charge in [-0.3, -0.25) is 9.59 Å². The minimum Gasteiger partial charge on any atom is -0.336 e. The minimum atomic E-state index is -0.218. The number of rotatable bonds is 6. The second-order valence-corrected chi connectivity index (χ2v) is 6.70. The maximum atomic E-state index is 12.7. The molecule has 0 saturated carbocycles. The van der Waals surface area contributed by atoms with Gasteiger partial charge in [0.1, 0.15) is 11.4 Å². The van der Waals surface area contributed by atoms with Gasteiger partial charge < -0.3 is 9.80 Å². The van der Waals surface area contributed by atoms with Crippen LogP contribution in [0.4, 0.5) is 0 Å². The van der Waals surface area contributed by atoms with Crippen LogP contribution >= 0.6 is 0 Å². The van der Waals surface area contributed by atoms with Gasteiger partial charge in [0.05, 0.1) is 0 Å². The van der Waals surface area contributed by atoms with Crippen molar-refractivity contribution in [2.45, 2.75) is 13.1 Å². The Kier molecular flexibility index (Phi) is 6.17. The van der Waals surface area contributed by atoms with Crippen LogP contribution in [0.15, 0.2) is 78.9 Å². The monoisotopic (exact) mass is 373 g/mol. The fourth-order valence-corrected chi connectivity index (χ4v) is 2.92. The van der Waals surface area contributed by atoms with Crippen LogP contribution in [0, 0.1) is 0 Å². The molecule has 2 aromatic carbocycles. The van der Waals surface area contributed by atoms with Crippen molar-refractivity contribution in [1.29, 1.82) is 0 Å². The summed E-state index contributed by atoms with van der Waals surface area (Å²) in [4.78, 5) is 33.0. The Bertz CT molecular complexity index is 868. The molecule has 0 bridgehead atoms. The summed E-state index contributed by atoms with van der Waals surface area (Å²) >= 11 is 0. The van der Waals surface area contributed by atoms with Crippen molar-refractivity contribution in [1.82, 2.24) is 14.8 Å². The Morgan fingerprint density at radius 3 is 1.43 bits per heavy atom. The molecular weight excluding hydrogens is 350 g/mol. The van der Waals surface area contributed by atoms with Crippen molar-refractivity contribution in [3.05, 3.63) is 101 Å². The van der Waals surface area contributed by atoms with Crippen LogP contribution < -0.4 is 0 Å². The summed E-state index contributed by atoms with van der Waals surface area (Å²) in [6, 6.07) is 24.5. The molecule has 5 nitrogen and oxygen atoms in total. The fourth-order valence-electron chi connectivity index (χ4n) is 2.92. The summed E-state index contributed by atoms with van der Waals surface area (Å²) in [5.74, 6) is -0.437. The highest BCUT2D eigenvalue weighted by molar-refractivity contribution is 5.96. The van der Waals surface area contributed by atoms with Crippen molar-refractivity contribution in [2.75, 3.05) is 14.1 Å². The SMILES string of the molecule is CN(Cc1ccccc1)C(=O)c1cccc(C(=O)N(C)Cc2ccccc2)n1. The van der Waals surface area contributed by atoms with E-state index in [1.54, 1.807) is 42.1 Å². The van der Waals surface area contributed by atoms with Crippen LogP contribution in [0.5, 0.6) is 0 Å². The van der Waals surface area contributed by atoms with Crippen molar-refractivity contribution < 1.29 is 9.59 Å². The Morgan fingerprint density at radius 2 is 1.04 bits per heavy atom. The Labute approximate surface area is 165 Å². The van der Waals surface area contributed by atoms with Gasteiger partial charge in [0.2, 0.25) is 0 Å². The maximum absolute atomic E-state index is 12.7. The Balaban J connectivity index is 1.70. The van der Waals surface area contributed by atoms with Crippen molar-refractivity contribution in [3.63, 3.8) is 0 Å². The lowest BCUT2D eigenvalue weighted by Gasteiger charge is -2.19. The zero-order valence-electron chi connectivity index (χ0n) is 16.1. The molecule has 3 rings (SSSR count). The van der Waals surface area contributed by atoms with E-state index in [0.29, 0.717) is 13.1 Å². The van der Waals surface area contributed by atoms with Crippen LogP contribution in [-0.4, -0.2) is 40.7 Å². The molecule has 1 heterocycles. The van der Waals surface area contributed by atoms with Crippen molar-refractivity contribution in [2.24, 2.45) is 0 Å². The Morgan fingerprint density at radius 1 is 0.643 bits per heavy atom. The van der Waals surface area contributed by atoms with E-state index in [2.05, 4.69) is 4.98 Å². The molecule has 28 heavy (non-hydrogen) atoms. The van der Waals surface area contributed by atoms with Crippen molar-refractivity contribution in [3.8, 4) is 0 Å². The molecule has 2 amide bonds. The van der Waals surface area contributed by atoms with Gasteiger partial charge in [-0.05, 0) is 23.3 Å². The number of hydrogen-bond donors (Lipinski definition) is 0. The third kappa shape index (κ3) is 4.82. The van der Waals surface area contributed by atoms with E-state index in [1.807, 2.05) is 60.7 Å². The highest BCUT2D eigenvalue weighted by Gasteiger charge is 2.18. The third-order valence-corrected chi connectivity index (χ3v) is 4.41. The summed E-state index contributed by atoms with van der Waals surface area (Å²) in [6.45, 7) is 0.959. The Hall–Kier alpha value is -3.47. The predicted octanol–water partition coefficient (Wildman–Crippen LogP) is 3.63. The molecule has 0 aliphatic heterocycles. The number of aromatic nitrogens is 1. The van der Waals surface area contributed by atoms with Gasteiger partial charge >= 0.3 is 0 Å². The molecule has 142 valence electrons. The average molecular weight is 373 g/mol. The number of nitrogens with zero attached hydrogens (tertiary/aromatic N) is 3. The smallest absolute Gasteiger partial charge is 0.272 e. The van der Waals surface area contributed by atoms with Gasteiger partial charge in [0.25, 0.3) is 11.8 Å². The molecule has 1 aromatic heterocycles. The summed E-state index contributed by atoms with van der Waals surface area (Å²) < 4.78 is 0. The third-order valence-electron chi connectivity index (χ3n) is 4.41. The summed E-state index contributed by atoms with van der Waals surface area (Å²) in [5, 5.41) is 0. The van der Waals surface area contributed by atoms with Crippen LogP contribution in [0.2, 0.25) is 0 Å². The number of pyridine rings is 1. The van der Waals surface area contributed by atoms with Gasteiger partial charge in [0, 0.05) is 27.2 Å². The summed E-state index contributed by atoms with van der Waals surface area (Å²) in [6.07, 6.45) is 0. The largest absolute Gasteiger partial charge is 0.336 e. The van der Waals surface area contributed by atoms with E-state index in [4.69, 9.17) is 0 Å². The number of amides is 2. The average Bonchev–Trinajstić information content (AvgIpc) is 2.74. The van der Waals surface area contributed by atoms with Gasteiger partial charge in [-0.25, -0.2) is 4.98 Å². The van der Waals surface area contributed by atoms with Gasteiger partial charge in [-0.2, -0.15) is 0 Å². The second kappa shape index (κ2) is 8.95. The topological polar surface area (TPSA) is 53.5 Å². The number of benzene rings is 2. The van der Waals surface area contributed by atoms with E-state index < -0.39 is 0 Å². The van der Waals surface area contributed by atoms with E-state index in [0.717, 1.165) is 11.1 Å². The maximum Gasteiger partial charge on any atom is 0.272 e. The molecule has 3 aromatic rings. The molecular formula is C23H23N3O2. The first-order chi connectivity index (χ1) is 13.5. The zero-order valence-corrected chi connectivity index (χ0v) is 16.1. The van der Waals surface area contributed by atoms with Crippen LogP contribution in [0.1, 0.15) is 32.1 Å². The quantitative estimate of drug-likeness (QED) is 0.663. The zero-order chi connectivity index (χ0) is 19.9. The molecule has 0 N–H and O–H groups in total. The first-order valence-corrected chi connectivity index (χ1v) is 9.10. The minimum absolute atomic E-state index is 0.218. The highest BCUT2D eigenvalue weighted by atomic mass is 16.2. The van der Waals surface area contributed by atoms with Crippen LogP contribution in [-0.2, 0) is 13.1 Å². The van der Waals surface area contributed by atoms with Gasteiger partial charge in [-0.15, -0.1) is 0 Å². The fraction of sp³-hybridized carbons (Fsp3) is 0.174. The lowest BCUT2D eigenvalue weighted by atomic mass is 10.2. The van der Waals surface area contributed by atoms with Crippen LogP contribution in [0.3, 0.4) is 0 Å². The molecule has 0 radical (unpaired) electrons. The number of hydrogen-bond acceptors (Lipinski definition) is 3. The number of carbonyl (C=O) groups excluding carboxylic acids is 2. The molecule has 0 atom stereocenters. The molecule has 0 spiro atoms. The van der Waals surface area contributed by atoms with Crippen molar-refractivity contribution >= 4 is 11.8 Å². The standard InChI is InChI=1S/C23H23N3O2/c1-25(16-18-10-5-3-6-11-18)22(27)20-14-9-15-21(24-20)23(28)26(2)17-19-12-7-4-8-13-19/h3-15H,16-17H2,1-2H3. The molecule has 0 aliphatic carbocycles. The number of carbonyl (C=O) groups is 2. The molecule has 0 aliphatic rings.